The molecule has 3 heterocycles. The largest absolute Gasteiger partial charge is 0.440 e. The SMILES string of the molecule is Fc1cccc(-n2c(SCc3ncc(-c4ccc(Cl)cc4)o3)nnc2N2CCOCC2)c1. The average molecular weight is 472 g/mol. The smallest absolute Gasteiger partial charge is 0.232 e. The fourth-order valence-corrected chi connectivity index (χ4v) is 4.34. The summed E-state index contributed by atoms with van der Waals surface area (Å²) < 4.78 is 27.2. The first-order valence-electron chi connectivity index (χ1n) is 10.0. The van der Waals surface area contributed by atoms with Crippen LogP contribution in [0.5, 0.6) is 0 Å². The van der Waals surface area contributed by atoms with E-state index < -0.39 is 0 Å². The highest BCUT2D eigenvalue weighted by molar-refractivity contribution is 7.98. The molecule has 10 heteroatoms. The number of hydrogen-bond acceptors (Lipinski definition) is 7. The molecule has 1 fully saturated rings. The van der Waals surface area contributed by atoms with Crippen molar-refractivity contribution in [2.24, 2.45) is 0 Å². The van der Waals surface area contributed by atoms with Crippen molar-refractivity contribution in [3.05, 3.63) is 71.5 Å². The minimum absolute atomic E-state index is 0.319. The number of morpholine rings is 1. The lowest BCUT2D eigenvalue weighted by Crippen LogP contribution is -2.37. The topological polar surface area (TPSA) is 69.2 Å². The highest BCUT2D eigenvalue weighted by atomic mass is 35.5. The molecular weight excluding hydrogens is 453 g/mol. The van der Waals surface area contributed by atoms with E-state index in [9.17, 15) is 4.39 Å². The second-order valence-corrected chi connectivity index (χ2v) is 8.49. The van der Waals surface area contributed by atoms with Crippen LogP contribution in [0.3, 0.4) is 0 Å². The molecule has 2 aromatic carbocycles. The monoisotopic (exact) mass is 471 g/mol. The van der Waals surface area contributed by atoms with Crippen LogP contribution in [-0.2, 0) is 10.5 Å². The summed E-state index contributed by atoms with van der Waals surface area (Å²) in [5.74, 6) is 2.01. The number of oxazole rings is 1. The molecule has 0 atom stereocenters. The van der Waals surface area contributed by atoms with Crippen LogP contribution in [0.2, 0.25) is 5.02 Å². The second-order valence-electron chi connectivity index (χ2n) is 7.11. The molecule has 0 spiro atoms. The summed E-state index contributed by atoms with van der Waals surface area (Å²) in [5.41, 5.74) is 1.56. The molecule has 0 N–H and O–H groups in total. The van der Waals surface area contributed by atoms with Gasteiger partial charge >= 0.3 is 0 Å². The first-order chi connectivity index (χ1) is 15.7. The Labute approximate surface area is 193 Å². The molecule has 32 heavy (non-hydrogen) atoms. The number of anilines is 1. The van der Waals surface area contributed by atoms with Gasteiger partial charge in [0, 0.05) is 23.7 Å². The van der Waals surface area contributed by atoms with Crippen molar-refractivity contribution in [2.45, 2.75) is 10.9 Å². The van der Waals surface area contributed by atoms with E-state index in [0.717, 1.165) is 5.56 Å². The van der Waals surface area contributed by atoms with E-state index in [4.69, 9.17) is 20.8 Å². The molecule has 4 aromatic rings. The van der Waals surface area contributed by atoms with Gasteiger partial charge in [-0.25, -0.2) is 9.37 Å². The predicted octanol–water partition coefficient (Wildman–Crippen LogP) is 4.84. The first-order valence-corrected chi connectivity index (χ1v) is 11.4. The van der Waals surface area contributed by atoms with Gasteiger partial charge in [-0.05, 0) is 42.5 Å². The Kier molecular flexibility index (Phi) is 6.11. The highest BCUT2D eigenvalue weighted by Gasteiger charge is 2.22. The zero-order valence-electron chi connectivity index (χ0n) is 16.9. The third-order valence-corrected chi connectivity index (χ3v) is 6.15. The van der Waals surface area contributed by atoms with Gasteiger partial charge in [-0.2, -0.15) is 0 Å². The van der Waals surface area contributed by atoms with E-state index in [1.54, 1.807) is 12.3 Å². The van der Waals surface area contributed by atoms with E-state index in [1.165, 1.54) is 23.9 Å². The zero-order chi connectivity index (χ0) is 21.9. The molecule has 1 aliphatic heterocycles. The number of rotatable bonds is 6. The third kappa shape index (κ3) is 4.50. The summed E-state index contributed by atoms with van der Waals surface area (Å²) in [6.45, 7) is 2.62. The first kappa shape index (κ1) is 21.0. The fourth-order valence-electron chi connectivity index (χ4n) is 3.42. The standard InChI is InChI=1S/C22H19ClFN5O2S/c23-16-6-4-15(5-7-16)19-13-25-20(31-19)14-32-22-27-26-21(28-8-10-30-11-9-28)29(22)18-3-1-2-17(24)12-18/h1-7,12-13H,8-11,14H2. The van der Waals surface area contributed by atoms with Crippen LogP contribution in [0.4, 0.5) is 10.3 Å². The summed E-state index contributed by atoms with van der Waals surface area (Å²) in [5, 5.41) is 10.1. The van der Waals surface area contributed by atoms with E-state index in [-0.39, 0.29) is 5.82 Å². The number of thioether (sulfide) groups is 1. The summed E-state index contributed by atoms with van der Waals surface area (Å²) in [6, 6.07) is 13.8. The molecule has 2 aromatic heterocycles. The van der Waals surface area contributed by atoms with Gasteiger partial charge in [0.1, 0.15) is 5.82 Å². The molecule has 0 aliphatic carbocycles. The maximum absolute atomic E-state index is 14.0. The molecule has 7 nitrogen and oxygen atoms in total. The van der Waals surface area contributed by atoms with Crippen molar-refractivity contribution < 1.29 is 13.5 Å². The van der Waals surface area contributed by atoms with E-state index in [0.29, 0.717) is 65.5 Å². The molecule has 164 valence electrons. The Morgan fingerprint density at radius 1 is 1.06 bits per heavy atom. The van der Waals surface area contributed by atoms with Crippen LogP contribution in [0.25, 0.3) is 17.0 Å². The van der Waals surface area contributed by atoms with Gasteiger partial charge in [0.2, 0.25) is 11.8 Å². The van der Waals surface area contributed by atoms with Crippen molar-refractivity contribution >= 4 is 29.3 Å². The van der Waals surface area contributed by atoms with Crippen molar-refractivity contribution in [1.82, 2.24) is 19.7 Å². The lowest BCUT2D eigenvalue weighted by Gasteiger charge is -2.27. The minimum Gasteiger partial charge on any atom is -0.440 e. The van der Waals surface area contributed by atoms with Gasteiger partial charge in [-0.15, -0.1) is 10.2 Å². The number of ether oxygens (including phenoxy) is 1. The molecule has 0 amide bonds. The van der Waals surface area contributed by atoms with Crippen molar-refractivity contribution in [3.8, 4) is 17.0 Å². The normalized spacial score (nSPS) is 14.1. The quantitative estimate of drug-likeness (QED) is 0.372. The van der Waals surface area contributed by atoms with Crippen LogP contribution in [0.15, 0.2) is 64.3 Å². The van der Waals surface area contributed by atoms with Crippen LogP contribution in [0, 0.1) is 5.82 Å². The van der Waals surface area contributed by atoms with Gasteiger partial charge < -0.3 is 14.1 Å². The Morgan fingerprint density at radius 3 is 2.66 bits per heavy atom. The van der Waals surface area contributed by atoms with Gasteiger partial charge in [0.25, 0.3) is 0 Å². The Morgan fingerprint density at radius 2 is 1.88 bits per heavy atom. The lowest BCUT2D eigenvalue weighted by molar-refractivity contribution is 0.122. The zero-order valence-corrected chi connectivity index (χ0v) is 18.5. The molecule has 1 saturated heterocycles. The number of benzene rings is 2. The van der Waals surface area contributed by atoms with Crippen LogP contribution < -0.4 is 4.90 Å². The van der Waals surface area contributed by atoms with Gasteiger partial charge in [0.15, 0.2) is 10.9 Å². The predicted molar refractivity (Wildman–Crippen MR) is 121 cm³/mol. The molecule has 0 radical (unpaired) electrons. The average Bonchev–Trinajstić information content (AvgIpc) is 3.46. The van der Waals surface area contributed by atoms with E-state index >= 15 is 0 Å². The van der Waals surface area contributed by atoms with E-state index in [1.807, 2.05) is 34.9 Å². The fraction of sp³-hybridized carbons (Fsp3) is 0.227. The minimum atomic E-state index is -0.319. The van der Waals surface area contributed by atoms with Gasteiger partial charge in [-0.1, -0.05) is 29.4 Å². The lowest BCUT2D eigenvalue weighted by atomic mass is 10.2. The molecule has 1 aliphatic rings. The van der Waals surface area contributed by atoms with Crippen LogP contribution in [0.1, 0.15) is 5.89 Å². The van der Waals surface area contributed by atoms with Gasteiger partial charge in [0.05, 0.1) is 30.9 Å². The number of nitrogens with zero attached hydrogens (tertiary/aromatic N) is 5. The van der Waals surface area contributed by atoms with Gasteiger partial charge in [-0.3, -0.25) is 4.57 Å². The summed E-state index contributed by atoms with van der Waals surface area (Å²) in [7, 11) is 0. The molecule has 5 rings (SSSR count). The summed E-state index contributed by atoms with van der Waals surface area (Å²) in [6.07, 6.45) is 1.69. The molecule has 0 bridgehead atoms. The molecule has 0 saturated carbocycles. The maximum Gasteiger partial charge on any atom is 0.232 e. The number of halogens is 2. The molecule has 0 unspecified atom stereocenters. The maximum atomic E-state index is 14.0. The van der Waals surface area contributed by atoms with Crippen molar-refractivity contribution in [1.29, 1.82) is 0 Å². The number of hydrogen-bond donors (Lipinski definition) is 0. The highest BCUT2D eigenvalue weighted by Crippen LogP contribution is 2.30. The summed E-state index contributed by atoms with van der Waals surface area (Å²) in [4.78, 5) is 6.47. The van der Waals surface area contributed by atoms with Crippen LogP contribution >= 0.6 is 23.4 Å². The Hall–Kier alpha value is -2.88. The molecular formula is C22H19ClFN5O2S. The van der Waals surface area contributed by atoms with Crippen molar-refractivity contribution in [2.75, 3.05) is 31.2 Å². The Balaban J connectivity index is 1.40. The second kappa shape index (κ2) is 9.32. The van der Waals surface area contributed by atoms with E-state index in [2.05, 4.69) is 20.1 Å². The van der Waals surface area contributed by atoms with Crippen molar-refractivity contribution in [3.63, 3.8) is 0 Å². The third-order valence-electron chi connectivity index (χ3n) is 4.98. The number of aromatic nitrogens is 4. The summed E-state index contributed by atoms with van der Waals surface area (Å²) >= 11 is 7.38. The Bertz CT molecular complexity index is 1210. The van der Waals surface area contributed by atoms with Crippen LogP contribution in [-0.4, -0.2) is 46.1 Å².